The normalized spacial score (nSPS) is 21.3. The summed E-state index contributed by atoms with van der Waals surface area (Å²) >= 11 is 0. The highest BCUT2D eigenvalue weighted by molar-refractivity contribution is 6.51. The zero-order valence-electron chi connectivity index (χ0n) is 10.1. The maximum absolute atomic E-state index is 11.8. The third-order valence-electron chi connectivity index (χ3n) is 2.52. The molecule has 0 unspecified atom stereocenters. The second kappa shape index (κ2) is 5.44. The predicted octanol–water partition coefficient (Wildman–Crippen LogP) is 1.56. The number of ketones is 3. The molecular formula is C13H14O5. The number of aliphatic hydroxyl groups is 2. The molecule has 0 amide bonds. The monoisotopic (exact) mass is 250 g/mol. The van der Waals surface area contributed by atoms with Crippen LogP contribution in [0.25, 0.3) is 0 Å². The summed E-state index contributed by atoms with van der Waals surface area (Å²) in [6, 6.07) is 0. The molecule has 1 aliphatic carbocycles. The first kappa shape index (κ1) is 13.9. The van der Waals surface area contributed by atoms with Crippen LogP contribution >= 0.6 is 0 Å². The van der Waals surface area contributed by atoms with Gasteiger partial charge in [0.25, 0.3) is 0 Å². The molecule has 0 heterocycles. The lowest BCUT2D eigenvalue weighted by molar-refractivity contribution is -0.124. The minimum absolute atomic E-state index is 0.191. The van der Waals surface area contributed by atoms with Crippen molar-refractivity contribution in [1.29, 1.82) is 0 Å². The summed E-state index contributed by atoms with van der Waals surface area (Å²) in [6.45, 7) is 3.82. The van der Waals surface area contributed by atoms with Gasteiger partial charge in [-0.05, 0) is 12.3 Å². The summed E-state index contributed by atoms with van der Waals surface area (Å²) in [5, 5.41) is 17.8. The standard InChI is InChI=1S/C13H14O5/c1-7(2)3-4-8-11(16)9(5-14)13(18)10(6-15)12(8)17/h4-7,14-15H,3H2,1-2H3/b9-5+,10-6+. The maximum atomic E-state index is 11.8. The van der Waals surface area contributed by atoms with Gasteiger partial charge in [0.05, 0.1) is 18.1 Å². The van der Waals surface area contributed by atoms with Gasteiger partial charge in [-0.15, -0.1) is 0 Å². The van der Waals surface area contributed by atoms with Crippen molar-refractivity contribution in [3.63, 3.8) is 0 Å². The smallest absolute Gasteiger partial charge is 0.207 e. The largest absolute Gasteiger partial charge is 0.515 e. The topological polar surface area (TPSA) is 91.7 Å². The van der Waals surface area contributed by atoms with E-state index in [9.17, 15) is 14.4 Å². The average molecular weight is 250 g/mol. The van der Waals surface area contributed by atoms with Crippen LogP contribution in [0.3, 0.4) is 0 Å². The number of carbonyl (C=O) groups is 3. The summed E-state index contributed by atoms with van der Waals surface area (Å²) in [5.74, 6) is -2.34. The van der Waals surface area contributed by atoms with Gasteiger partial charge < -0.3 is 10.2 Å². The van der Waals surface area contributed by atoms with Crippen molar-refractivity contribution in [3.8, 4) is 0 Å². The van der Waals surface area contributed by atoms with Gasteiger partial charge in [0, 0.05) is 0 Å². The molecule has 0 atom stereocenters. The summed E-state index contributed by atoms with van der Waals surface area (Å²) < 4.78 is 0. The van der Waals surface area contributed by atoms with E-state index in [2.05, 4.69) is 0 Å². The molecule has 2 N–H and O–H groups in total. The number of hydrogen-bond acceptors (Lipinski definition) is 5. The number of allylic oxidation sites excluding steroid dienone is 4. The Morgan fingerprint density at radius 2 is 1.28 bits per heavy atom. The molecule has 0 radical (unpaired) electrons. The molecule has 1 fully saturated rings. The van der Waals surface area contributed by atoms with Gasteiger partial charge in [-0.25, -0.2) is 0 Å². The van der Waals surface area contributed by atoms with Crippen molar-refractivity contribution < 1.29 is 24.6 Å². The van der Waals surface area contributed by atoms with E-state index in [-0.39, 0.29) is 11.5 Å². The van der Waals surface area contributed by atoms with Crippen LogP contribution in [0.15, 0.2) is 35.3 Å². The third kappa shape index (κ3) is 2.40. The van der Waals surface area contributed by atoms with Crippen molar-refractivity contribution in [2.24, 2.45) is 5.92 Å². The van der Waals surface area contributed by atoms with Crippen molar-refractivity contribution in [2.45, 2.75) is 20.3 Å². The van der Waals surface area contributed by atoms with Crippen LogP contribution in [0.2, 0.25) is 0 Å². The minimum atomic E-state index is -0.961. The summed E-state index contributed by atoms with van der Waals surface area (Å²) in [7, 11) is 0. The lowest BCUT2D eigenvalue weighted by Gasteiger charge is -2.15. The van der Waals surface area contributed by atoms with E-state index in [1.165, 1.54) is 6.08 Å². The Balaban J connectivity index is 3.27. The lowest BCUT2D eigenvalue weighted by Crippen LogP contribution is -2.31. The fourth-order valence-corrected chi connectivity index (χ4v) is 1.52. The molecule has 96 valence electrons. The molecule has 1 saturated carbocycles. The molecule has 0 aromatic carbocycles. The van der Waals surface area contributed by atoms with Gasteiger partial charge >= 0.3 is 0 Å². The Hall–Kier alpha value is -2.17. The Morgan fingerprint density at radius 1 is 0.889 bits per heavy atom. The quantitative estimate of drug-likeness (QED) is 0.441. The summed E-state index contributed by atoms with van der Waals surface area (Å²) in [6.07, 6.45) is 2.64. The molecule has 0 saturated heterocycles. The van der Waals surface area contributed by atoms with Crippen LogP contribution in [0.4, 0.5) is 0 Å². The number of hydrogen-bond donors (Lipinski definition) is 2. The van der Waals surface area contributed by atoms with Crippen LogP contribution in [0.1, 0.15) is 20.3 Å². The van der Waals surface area contributed by atoms with Gasteiger partial charge in [0.2, 0.25) is 17.3 Å². The average Bonchev–Trinajstić information content (AvgIpc) is 2.29. The first-order chi connectivity index (χ1) is 8.43. The zero-order chi connectivity index (χ0) is 13.9. The van der Waals surface area contributed by atoms with E-state index in [0.29, 0.717) is 18.9 Å². The van der Waals surface area contributed by atoms with Crippen molar-refractivity contribution >= 4 is 17.3 Å². The second-order valence-electron chi connectivity index (χ2n) is 4.32. The van der Waals surface area contributed by atoms with E-state index >= 15 is 0 Å². The molecule has 1 aliphatic rings. The molecule has 0 aromatic rings. The SMILES string of the molecule is CC(C)CC=C1C(=O)/C(=C\O)C(=O)/C(=C/O)C1=O. The number of rotatable bonds is 2. The van der Waals surface area contributed by atoms with Gasteiger partial charge in [-0.1, -0.05) is 19.9 Å². The molecule has 18 heavy (non-hydrogen) atoms. The Morgan fingerprint density at radius 3 is 1.61 bits per heavy atom. The number of Topliss-reactive ketones (excluding diaryl/α,β-unsaturated/α-hetero) is 3. The molecule has 1 rings (SSSR count). The summed E-state index contributed by atoms with van der Waals surface area (Å²) in [5.41, 5.74) is -1.21. The molecule has 5 heteroatoms. The predicted molar refractivity (Wildman–Crippen MR) is 64.0 cm³/mol. The first-order valence-electron chi connectivity index (χ1n) is 5.47. The van der Waals surface area contributed by atoms with Crippen LogP contribution in [-0.2, 0) is 14.4 Å². The van der Waals surface area contributed by atoms with E-state index in [4.69, 9.17) is 10.2 Å². The molecule has 0 spiro atoms. The van der Waals surface area contributed by atoms with Crippen molar-refractivity contribution in [1.82, 2.24) is 0 Å². The fourth-order valence-electron chi connectivity index (χ4n) is 1.52. The molecule has 0 bridgehead atoms. The molecule has 5 nitrogen and oxygen atoms in total. The fraction of sp³-hybridized carbons (Fsp3) is 0.308. The van der Waals surface area contributed by atoms with E-state index in [0.717, 1.165) is 0 Å². The molecular weight excluding hydrogens is 236 g/mol. The van der Waals surface area contributed by atoms with Crippen LogP contribution in [-0.4, -0.2) is 27.6 Å². The third-order valence-corrected chi connectivity index (χ3v) is 2.52. The highest BCUT2D eigenvalue weighted by Gasteiger charge is 2.38. The molecule has 0 aliphatic heterocycles. The van der Waals surface area contributed by atoms with E-state index in [1.807, 2.05) is 13.8 Å². The van der Waals surface area contributed by atoms with Crippen LogP contribution in [0.5, 0.6) is 0 Å². The second-order valence-corrected chi connectivity index (χ2v) is 4.32. The van der Waals surface area contributed by atoms with E-state index in [1.54, 1.807) is 0 Å². The van der Waals surface area contributed by atoms with Gasteiger partial charge in [0.1, 0.15) is 11.1 Å². The molecule has 0 aromatic heterocycles. The first-order valence-corrected chi connectivity index (χ1v) is 5.47. The Bertz CT molecular complexity index is 456. The lowest BCUT2D eigenvalue weighted by atomic mass is 9.83. The maximum Gasteiger partial charge on any atom is 0.207 e. The van der Waals surface area contributed by atoms with Gasteiger partial charge in [-0.3, -0.25) is 14.4 Å². The Labute approximate surface area is 104 Å². The van der Waals surface area contributed by atoms with E-state index < -0.39 is 28.5 Å². The van der Waals surface area contributed by atoms with Crippen molar-refractivity contribution in [3.05, 3.63) is 35.3 Å². The zero-order valence-corrected chi connectivity index (χ0v) is 10.1. The van der Waals surface area contributed by atoms with Crippen LogP contribution in [0, 0.1) is 5.92 Å². The highest BCUT2D eigenvalue weighted by Crippen LogP contribution is 2.24. The number of aliphatic hydroxyl groups excluding tert-OH is 2. The van der Waals surface area contributed by atoms with Crippen molar-refractivity contribution in [2.75, 3.05) is 0 Å². The van der Waals surface area contributed by atoms with Gasteiger partial charge in [-0.2, -0.15) is 0 Å². The minimum Gasteiger partial charge on any atom is -0.515 e. The highest BCUT2D eigenvalue weighted by atomic mass is 16.2. The van der Waals surface area contributed by atoms with Gasteiger partial charge in [0.15, 0.2) is 0 Å². The summed E-state index contributed by atoms with van der Waals surface area (Å²) in [4.78, 5) is 35.2. The van der Waals surface area contributed by atoms with Crippen LogP contribution < -0.4 is 0 Å². The number of carbonyl (C=O) groups excluding carboxylic acids is 3. The Kier molecular flexibility index (Phi) is 4.20.